The van der Waals surface area contributed by atoms with Crippen molar-refractivity contribution in [2.45, 2.75) is 24.8 Å². The van der Waals surface area contributed by atoms with Gasteiger partial charge in [-0.1, -0.05) is 12.1 Å². The molecule has 1 fully saturated rings. The highest BCUT2D eigenvalue weighted by Crippen LogP contribution is 2.33. The lowest BCUT2D eigenvalue weighted by Gasteiger charge is -2.37. The number of halogens is 1. The molecule has 2 heterocycles. The molecule has 7 nitrogen and oxygen atoms in total. The summed E-state index contributed by atoms with van der Waals surface area (Å²) in [4.78, 5) is 3.62. The Balaban J connectivity index is 2.21. The van der Waals surface area contributed by atoms with E-state index in [9.17, 15) is 12.8 Å². The van der Waals surface area contributed by atoms with Crippen molar-refractivity contribution in [1.82, 2.24) is 9.29 Å². The third kappa shape index (κ3) is 2.84. The molecule has 1 aliphatic rings. The van der Waals surface area contributed by atoms with E-state index in [2.05, 4.69) is 10.1 Å². The monoisotopic (exact) mass is 316 g/mol. The molecule has 116 valence electrons. The van der Waals surface area contributed by atoms with Crippen molar-refractivity contribution in [3.63, 3.8) is 0 Å². The maximum Gasteiger partial charge on any atom is 0.263 e. The van der Waals surface area contributed by atoms with Gasteiger partial charge in [0.05, 0.1) is 0 Å². The Morgan fingerprint density at radius 2 is 2.14 bits per heavy atom. The highest BCUT2D eigenvalue weighted by Gasteiger charge is 2.39. The van der Waals surface area contributed by atoms with Gasteiger partial charge in [0.15, 0.2) is 5.82 Å². The second-order valence-electron chi connectivity index (χ2n) is 5.24. The van der Waals surface area contributed by atoms with Crippen LogP contribution >= 0.6 is 0 Å². The van der Waals surface area contributed by atoms with E-state index in [1.54, 1.807) is 6.92 Å². The van der Waals surface area contributed by atoms with Gasteiger partial charge in [0, 0.05) is 24.7 Å². The van der Waals surface area contributed by atoms with Crippen LogP contribution < -0.4 is 5.73 Å². The molecular formula is C12H17FN4O3S. The van der Waals surface area contributed by atoms with Crippen molar-refractivity contribution in [2.75, 3.05) is 13.1 Å². The fourth-order valence-electron chi connectivity index (χ4n) is 2.28. The van der Waals surface area contributed by atoms with Gasteiger partial charge in [-0.2, -0.15) is 4.31 Å². The molecule has 1 aliphatic heterocycles. The predicted octanol–water partition coefficient (Wildman–Crippen LogP) is 0.758. The van der Waals surface area contributed by atoms with Crippen LogP contribution in [0.3, 0.4) is 0 Å². The van der Waals surface area contributed by atoms with E-state index >= 15 is 0 Å². The third-order valence-corrected chi connectivity index (χ3v) is 5.70. The molecule has 0 aliphatic carbocycles. The topological polar surface area (TPSA) is 109 Å². The highest BCUT2D eigenvalue weighted by molar-refractivity contribution is 7.89. The molecule has 0 radical (unpaired) electrons. The van der Waals surface area contributed by atoms with Crippen LogP contribution in [0.5, 0.6) is 0 Å². The number of pyridine rings is 1. The number of nitrogens with two attached hydrogens (primary N) is 1. The summed E-state index contributed by atoms with van der Waals surface area (Å²) in [6.45, 7) is 2.11. The van der Waals surface area contributed by atoms with Crippen molar-refractivity contribution >= 4 is 15.9 Å². The number of hydrogen-bond donors (Lipinski definition) is 2. The Morgan fingerprint density at radius 1 is 1.52 bits per heavy atom. The summed E-state index contributed by atoms with van der Waals surface area (Å²) >= 11 is 0. The van der Waals surface area contributed by atoms with Crippen LogP contribution in [0.2, 0.25) is 0 Å². The van der Waals surface area contributed by atoms with Crippen LogP contribution in [0, 0.1) is 11.2 Å². The average Bonchev–Trinajstić information content (AvgIpc) is 2.47. The predicted molar refractivity (Wildman–Crippen MR) is 73.7 cm³/mol. The van der Waals surface area contributed by atoms with Crippen LogP contribution in [0.1, 0.15) is 19.8 Å². The molecule has 0 atom stereocenters. The minimum absolute atomic E-state index is 0.0727. The maximum absolute atomic E-state index is 13.6. The zero-order valence-electron chi connectivity index (χ0n) is 11.5. The minimum Gasteiger partial charge on any atom is -0.409 e. The van der Waals surface area contributed by atoms with Crippen molar-refractivity contribution in [2.24, 2.45) is 16.3 Å². The fraction of sp³-hybridized carbons (Fsp3) is 0.500. The summed E-state index contributed by atoms with van der Waals surface area (Å²) in [7, 11) is -3.97. The first-order chi connectivity index (χ1) is 9.81. The quantitative estimate of drug-likeness (QED) is 0.370. The Bertz CT molecular complexity index is 654. The number of oxime groups is 1. The van der Waals surface area contributed by atoms with Gasteiger partial charge in [0.25, 0.3) is 10.0 Å². The third-order valence-electron chi connectivity index (χ3n) is 3.86. The van der Waals surface area contributed by atoms with E-state index < -0.39 is 26.3 Å². The number of nitrogens with zero attached hydrogens (tertiary/aromatic N) is 3. The Labute approximate surface area is 122 Å². The van der Waals surface area contributed by atoms with E-state index in [1.165, 1.54) is 16.6 Å². The van der Waals surface area contributed by atoms with E-state index in [0.29, 0.717) is 12.8 Å². The minimum atomic E-state index is -3.97. The van der Waals surface area contributed by atoms with Crippen LogP contribution in [0.25, 0.3) is 0 Å². The summed E-state index contributed by atoms with van der Waals surface area (Å²) in [6.07, 6.45) is 2.01. The van der Waals surface area contributed by atoms with E-state index in [1.807, 2.05) is 0 Å². The molecule has 0 saturated carbocycles. The van der Waals surface area contributed by atoms with Crippen LogP contribution in [-0.2, 0) is 10.0 Å². The van der Waals surface area contributed by atoms with E-state index in [-0.39, 0.29) is 18.9 Å². The molecular weight excluding hydrogens is 299 g/mol. The number of hydrogen-bond acceptors (Lipinski definition) is 5. The van der Waals surface area contributed by atoms with Gasteiger partial charge >= 0.3 is 0 Å². The second kappa shape index (κ2) is 5.57. The van der Waals surface area contributed by atoms with Gasteiger partial charge in [-0.05, 0) is 25.0 Å². The molecule has 3 N–H and O–H groups in total. The molecule has 1 aromatic rings. The fourth-order valence-corrected chi connectivity index (χ4v) is 3.70. The summed E-state index contributed by atoms with van der Waals surface area (Å²) in [6, 6.07) is 2.39. The first kappa shape index (κ1) is 15.6. The molecule has 0 bridgehead atoms. The molecule has 0 aromatic carbocycles. The highest BCUT2D eigenvalue weighted by atomic mass is 32.2. The number of aromatic nitrogens is 1. The molecule has 2 rings (SSSR count). The summed E-state index contributed by atoms with van der Waals surface area (Å²) < 4.78 is 39.5. The van der Waals surface area contributed by atoms with Gasteiger partial charge in [-0.25, -0.2) is 17.8 Å². The second-order valence-corrected chi connectivity index (χ2v) is 7.09. The largest absolute Gasteiger partial charge is 0.409 e. The van der Waals surface area contributed by atoms with Gasteiger partial charge in [-0.3, -0.25) is 0 Å². The Kier molecular flexibility index (Phi) is 4.15. The molecule has 0 unspecified atom stereocenters. The molecule has 0 spiro atoms. The summed E-state index contributed by atoms with van der Waals surface area (Å²) in [5.41, 5.74) is 5.07. The van der Waals surface area contributed by atoms with Crippen molar-refractivity contribution < 1.29 is 18.0 Å². The molecule has 1 saturated heterocycles. The van der Waals surface area contributed by atoms with E-state index in [0.717, 1.165) is 6.07 Å². The number of rotatable bonds is 3. The Hall–Kier alpha value is -1.74. The smallest absolute Gasteiger partial charge is 0.263 e. The van der Waals surface area contributed by atoms with Crippen LogP contribution in [-0.4, -0.2) is 41.8 Å². The lowest BCUT2D eigenvalue weighted by molar-refractivity contribution is 0.229. The van der Waals surface area contributed by atoms with Gasteiger partial charge in [0.1, 0.15) is 5.84 Å². The summed E-state index contributed by atoms with van der Waals surface area (Å²) in [5.74, 6) is -0.800. The normalized spacial score (nSPS) is 20.4. The summed E-state index contributed by atoms with van der Waals surface area (Å²) in [5, 5.41) is 11.2. The number of amidine groups is 1. The standard InChI is InChI=1S/C12H17FN4O3S/c1-12(11(14)16-18)4-7-17(8-5-12)21(19,20)10-9(13)3-2-6-15-10/h2-3,6,18H,4-5,7-8H2,1H3,(H2,14,16). The van der Waals surface area contributed by atoms with Crippen molar-refractivity contribution in [3.05, 3.63) is 24.1 Å². The number of piperidine rings is 1. The average molecular weight is 316 g/mol. The Morgan fingerprint density at radius 3 is 2.67 bits per heavy atom. The lowest BCUT2D eigenvalue weighted by atomic mass is 9.80. The molecule has 1 aromatic heterocycles. The van der Waals surface area contributed by atoms with Crippen molar-refractivity contribution in [3.8, 4) is 0 Å². The molecule has 9 heteroatoms. The molecule has 21 heavy (non-hydrogen) atoms. The maximum atomic E-state index is 13.6. The van der Waals surface area contributed by atoms with Crippen LogP contribution in [0.15, 0.2) is 28.5 Å². The lowest BCUT2D eigenvalue weighted by Crippen LogP contribution is -2.47. The van der Waals surface area contributed by atoms with Gasteiger partial charge < -0.3 is 10.9 Å². The SMILES string of the molecule is CC1(/C(N)=N/O)CCN(S(=O)(=O)c2ncccc2F)CC1. The number of sulfonamides is 1. The zero-order valence-corrected chi connectivity index (χ0v) is 12.3. The van der Waals surface area contributed by atoms with Gasteiger partial charge in [-0.15, -0.1) is 0 Å². The first-order valence-corrected chi connectivity index (χ1v) is 7.84. The first-order valence-electron chi connectivity index (χ1n) is 6.40. The van der Waals surface area contributed by atoms with Crippen LogP contribution in [0.4, 0.5) is 4.39 Å². The zero-order chi connectivity index (χ0) is 15.7. The van der Waals surface area contributed by atoms with Gasteiger partial charge in [0.2, 0.25) is 5.03 Å². The van der Waals surface area contributed by atoms with Crippen molar-refractivity contribution in [1.29, 1.82) is 0 Å². The molecule has 0 amide bonds. The van der Waals surface area contributed by atoms with E-state index in [4.69, 9.17) is 10.9 Å².